The molecule has 1 rings (SSSR count). The summed E-state index contributed by atoms with van der Waals surface area (Å²) in [7, 11) is -1.98. The lowest BCUT2D eigenvalue weighted by atomic mass is 10.2. The van der Waals surface area contributed by atoms with E-state index in [4.69, 9.17) is 5.73 Å². The van der Waals surface area contributed by atoms with Crippen molar-refractivity contribution in [1.82, 2.24) is 10.0 Å². The van der Waals surface area contributed by atoms with Crippen LogP contribution in [0.5, 0.6) is 0 Å². The van der Waals surface area contributed by atoms with Crippen LogP contribution in [0.25, 0.3) is 0 Å². The second kappa shape index (κ2) is 7.07. The summed E-state index contributed by atoms with van der Waals surface area (Å²) in [5.74, 6) is -0.167. The predicted molar refractivity (Wildman–Crippen MR) is 74.2 cm³/mol. The molecule has 0 saturated carbocycles. The Morgan fingerprint density at radius 2 is 2.11 bits per heavy atom. The third-order valence-electron chi connectivity index (χ3n) is 2.39. The van der Waals surface area contributed by atoms with Crippen LogP contribution in [-0.4, -0.2) is 33.8 Å². The maximum atomic E-state index is 11.5. The standard InChI is InChI=1S/C11H18N4O3S/c1-13-19(17,18)6-5-14-11(16)15-10-4-2-3-9(7-10)8-12/h2-4,7,13H,5-6,8,12H2,1H3,(H2,14,15,16). The van der Waals surface area contributed by atoms with Gasteiger partial charge in [0.15, 0.2) is 0 Å². The number of anilines is 1. The molecule has 0 saturated heterocycles. The molecular formula is C11H18N4O3S. The van der Waals surface area contributed by atoms with Crippen molar-refractivity contribution in [2.75, 3.05) is 24.7 Å². The Morgan fingerprint density at radius 3 is 2.74 bits per heavy atom. The highest BCUT2D eigenvalue weighted by Gasteiger charge is 2.08. The lowest BCUT2D eigenvalue weighted by molar-refractivity contribution is 0.252. The lowest BCUT2D eigenvalue weighted by Crippen LogP contribution is -2.35. The molecule has 8 heteroatoms. The zero-order valence-corrected chi connectivity index (χ0v) is 11.5. The van der Waals surface area contributed by atoms with Crippen LogP contribution in [-0.2, 0) is 16.6 Å². The molecule has 0 unspecified atom stereocenters. The molecule has 7 nitrogen and oxygen atoms in total. The van der Waals surface area contributed by atoms with Gasteiger partial charge < -0.3 is 16.4 Å². The maximum Gasteiger partial charge on any atom is 0.319 e. The van der Waals surface area contributed by atoms with Crippen LogP contribution in [0.2, 0.25) is 0 Å². The first kappa shape index (κ1) is 15.4. The Bertz CT molecular complexity index is 530. The second-order valence-electron chi connectivity index (χ2n) is 3.81. The van der Waals surface area contributed by atoms with E-state index in [2.05, 4.69) is 15.4 Å². The van der Waals surface area contributed by atoms with Gasteiger partial charge in [-0.05, 0) is 24.7 Å². The fourth-order valence-corrected chi connectivity index (χ4v) is 1.93. The third kappa shape index (κ3) is 5.69. The first-order valence-electron chi connectivity index (χ1n) is 5.72. The van der Waals surface area contributed by atoms with Crippen LogP contribution >= 0.6 is 0 Å². The van der Waals surface area contributed by atoms with Crippen LogP contribution < -0.4 is 21.1 Å². The Hall–Kier alpha value is -1.64. The average Bonchev–Trinajstić information content (AvgIpc) is 2.38. The summed E-state index contributed by atoms with van der Waals surface area (Å²) in [6.45, 7) is 0.420. The van der Waals surface area contributed by atoms with Gasteiger partial charge in [-0.25, -0.2) is 17.9 Å². The monoisotopic (exact) mass is 286 g/mol. The number of carbonyl (C=O) groups excluding carboxylic acids is 1. The highest BCUT2D eigenvalue weighted by atomic mass is 32.2. The van der Waals surface area contributed by atoms with E-state index in [9.17, 15) is 13.2 Å². The van der Waals surface area contributed by atoms with Crippen LogP contribution in [0.1, 0.15) is 5.56 Å². The largest absolute Gasteiger partial charge is 0.337 e. The number of rotatable bonds is 6. The van der Waals surface area contributed by atoms with E-state index in [1.54, 1.807) is 18.2 Å². The van der Waals surface area contributed by atoms with Crippen molar-refractivity contribution >= 4 is 21.7 Å². The second-order valence-corrected chi connectivity index (χ2v) is 5.85. The number of hydrogen-bond donors (Lipinski definition) is 4. The fourth-order valence-electron chi connectivity index (χ4n) is 1.35. The van der Waals surface area contributed by atoms with Crippen molar-refractivity contribution in [3.8, 4) is 0 Å². The maximum absolute atomic E-state index is 11.5. The summed E-state index contributed by atoms with van der Waals surface area (Å²) in [4.78, 5) is 11.5. The lowest BCUT2D eigenvalue weighted by Gasteiger charge is -2.08. The Balaban J connectivity index is 2.43. The molecule has 0 aromatic heterocycles. The summed E-state index contributed by atoms with van der Waals surface area (Å²) >= 11 is 0. The molecular weight excluding hydrogens is 268 g/mol. The Kier molecular flexibility index (Phi) is 5.74. The molecule has 1 aromatic carbocycles. The van der Waals surface area contributed by atoms with Crippen molar-refractivity contribution in [1.29, 1.82) is 0 Å². The summed E-state index contributed by atoms with van der Waals surface area (Å²) in [5, 5.41) is 5.06. The van der Waals surface area contributed by atoms with Gasteiger partial charge in [0, 0.05) is 18.8 Å². The van der Waals surface area contributed by atoms with Gasteiger partial charge in [0.1, 0.15) is 0 Å². The molecule has 0 heterocycles. The number of nitrogens with one attached hydrogen (secondary N) is 3. The zero-order valence-electron chi connectivity index (χ0n) is 10.6. The molecule has 0 aliphatic carbocycles. The third-order valence-corrected chi connectivity index (χ3v) is 3.75. The van der Waals surface area contributed by atoms with Crippen molar-refractivity contribution < 1.29 is 13.2 Å². The molecule has 0 aliphatic heterocycles. The normalized spacial score (nSPS) is 11.1. The number of urea groups is 1. The van der Waals surface area contributed by atoms with Gasteiger partial charge in [0.25, 0.3) is 0 Å². The molecule has 0 bridgehead atoms. The van der Waals surface area contributed by atoms with E-state index < -0.39 is 16.1 Å². The number of hydrogen-bond acceptors (Lipinski definition) is 4. The summed E-state index contributed by atoms with van der Waals surface area (Å²) in [6, 6.07) is 6.65. The number of benzene rings is 1. The highest BCUT2D eigenvalue weighted by Crippen LogP contribution is 2.09. The summed E-state index contributed by atoms with van der Waals surface area (Å²) < 4.78 is 24.4. The minimum Gasteiger partial charge on any atom is -0.337 e. The quantitative estimate of drug-likeness (QED) is 0.580. The first-order valence-corrected chi connectivity index (χ1v) is 7.37. The molecule has 106 valence electrons. The zero-order chi connectivity index (χ0) is 14.3. The van der Waals surface area contributed by atoms with E-state index in [0.29, 0.717) is 12.2 Å². The number of amides is 2. The van der Waals surface area contributed by atoms with Crippen molar-refractivity contribution in [3.05, 3.63) is 29.8 Å². The van der Waals surface area contributed by atoms with Crippen molar-refractivity contribution in [2.24, 2.45) is 5.73 Å². The number of nitrogens with two attached hydrogens (primary N) is 1. The average molecular weight is 286 g/mol. The highest BCUT2D eigenvalue weighted by molar-refractivity contribution is 7.89. The van der Waals surface area contributed by atoms with E-state index in [1.807, 2.05) is 6.07 Å². The van der Waals surface area contributed by atoms with Crippen LogP contribution in [0.4, 0.5) is 10.5 Å². The van der Waals surface area contributed by atoms with Gasteiger partial charge >= 0.3 is 6.03 Å². The Labute approximate surface area is 112 Å². The van der Waals surface area contributed by atoms with Gasteiger partial charge in [0.2, 0.25) is 10.0 Å². The van der Waals surface area contributed by atoms with Crippen molar-refractivity contribution in [2.45, 2.75) is 6.54 Å². The van der Waals surface area contributed by atoms with Crippen LogP contribution in [0, 0.1) is 0 Å². The minimum absolute atomic E-state index is 0.0333. The molecule has 0 aliphatic rings. The van der Waals surface area contributed by atoms with Crippen LogP contribution in [0.15, 0.2) is 24.3 Å². The molecule has 19 heavy (non-hydrogen) atoms. The molecule has 2 amide bonds. The SMILES string of the molecule is CNS(=O)(=O)CCNC(=O)Nc1cccc(CN)c1. The molecule has 0 fully saturated rings. The number of sulfonamides is 1. The van der Waals surface area contributed by atoms with E-state index in [-0.39, 0.29) is 12.3 Å². The molecule has 0 radical (unpaired) electrons. The smallest absolute Gasteiger partial charge is 0.319 e. The Morgan fingerprint density at radius 1 is 1.37 bits per heavy atom. The van der Waals surface area contributed by atoms with Gasteiger partial charge in [-0.3, -0.25) is 0 Å². The van der Waals surface area contributed by atoms with E-state index >= 15 is 0 Å². The minimum atomic E-state index is -3.31. The molecule has 0 spiro atoms. The van der Waals surface area contributed by atoms with Gasteiger partial charge in [-0.2, -0.15) is 0 Å². The number of carbonyl (C=O) groups is 1. The van der Waals surface area contributed by atoms with Gasteiger partial charge in [0.05, 0.1) is 5.75 Å². The van der Waals surface area contributed by atoms with E-state index in [0.717, 1.165) is 5.56 Å². The fraction of sp³-hybridized carbons (Fsp3) is 0.364. The van der Waals surface area contributed by atoms with Gasteiger partial charge in [-0.1, -0.05) is 12.1 Å². The molecule has 1 aromatic rings. The summed E-state index contributed by atoms with van der Waals surface area (Å²) in [5.41, 5.74) is 7.00. The molecule has 0 atom stereocenters. The van der Waals surface area contributed by atoms with Crippen LogP contribution in [0.3, 0.4) is 0 Å². The van der Waals surface area contributed by atoms with Crippen molar-refractivity contribution in [3.63, 3.8) is 0 Å². The van der Waals surface area contributed by atoms with E-state index in [1.165, 1.54) is 7.05 Å². The topological polar surface area (TPSA) is 113 Å². The molecule has 5 N–H and O–H groups in total. The van der Waals surface area contributed by atoms with Gasteiger partial charge in [-0.15, -0.1) is 0 Å². The predicted octanol–water partition coefficient (Wildman–Crippen LogP) is -0.184. The first-order chi connectivity index (χ1) is 8.96. The summed E-state index contributed by atoms with van der Waals surface area (Å²) in [6.07, 6.45) is 0.